The Labute approximate surface area is 173 Å². The Bertz CT molecular complexity index is 1040. The van der Waals surface area contributed by atoms with Gasteiger partial charge in [-0.3, -0.25) is 0 Å². The van der Waals surface area contributed by atoms with E-state index in [0.717, 1.165) is 28.8 Å². The predicted molar refractivity (Wildman–Crippen MR) is 110 cm³/mol. The molecule has 154 valence electrons. The average Bonchev–Trinajstić information content (AvgIpc) is 3.12. The lowest BCUT2D eigenvalue weighted by Crippen LogP contribution is -2.25. The molecule has 0 aliphatic heterocycles. The van der Waals surface area contributed by atoms with Crippen LogP contribution in [0.2, 0.25) is 0 Å². The van der Waals surface area contributed by atoms with Crippen LogP contribution in [-0.4, -0.2) is 12.2 Å². The normalized spacial score (nSPS) is 21.4. The van der Waals surface area contributed by atoms with E-state index in [0.29, 0.717) is 17.7 Å². The maximum absolute atomic E-state index is 12.9. The van der Waals surface area contributed by atoms with Crippen LogP contribution >= 0.6 is 0 Å². The van der Waals surface area contributed by atoms with Crippen molar-refractivity contribution >= 4 is 5.57 Å². The number of alkyl halides is 3. The van der Waals surface area contributed by atoms with E-state index in [9.17, 15) is 18.3 Å². The van der Waals surface area contributed by atoms with Gasteiger partial charge in [-0.2, -0.15) is 13.2 Å². The van der Waals surface area contributed by atoms with Gasteiger partial charge in [-0.15, -0.1) is 0 Å². The highest BCUT2D eigenvalue weighted by molar-refractivity contribution is 5.77. The zero-order valence-electron chi connectivity index (χ0n) is 16.4. The number of aliphatic hydroxyl groups is 1. The van der Waals surface area contributed by atoms with Crippen LogP contribution in [0.25, 0.3) is 5.57 Å². The molecule has 0 unspecified atom stereocenters. The summed E-state index contributed by atoms with van der Waals surface area (Å²) in [7, 11) is 1.58. The number of ether oxygens (including phenoxy) is 1. The minimum Gasteiger partial charge on any atom is -0.497 e. The van der Waals surface area contributed by atoms with Crippen LogP contribution in [-0.2, 0) is 11.8 Å². The summed E-state index contributed by atoms with van der Waals surface area (Å²) < 4.78 is 44.0. The minimum absolute atomic E-state index is 0.213. The molecule has 2 atom stereocenters. The molecule has 3 aromatic rings. The summed E-state index contributed by atoms with van der Waals surface area (Å²) in [4.78, 5) is 0. The summed E-state index contributed by atoms with van der Waals surface area (Å²) in [5.41, 5.74) is 1.14. The number of rotatable bonds is 4. The van der Waals surface area contributed by atoms with Gasteiger partial charge >= 0.3 is 6.18 Å². The van der Waals surface area contributed by atoms with Gasteiger partial charge in [0.25, 0.3) is 0 Å². The fourth-order valence-electron chi connectivity index (χ4n) is 4.05. The maximum Gasteiger partial charge on any atom is 0.416 e. The van der Waals surface area contributed by atoms with Gasteiger partial charge in [-0.05, 0) is 52.9 Å². The fourth-order valence-corrected chi connectivity index (χ4v) is 4.05. The Hall–Kier alpha value is -3.05. The Morgan fingerprint density at radius 1 is 0.900 bits per heavy atom. The summed E-state index contributed by atoms with van der Waals surface area (Å²) in [6, 6.07) is 22.0. The Morgan fingerprint density at radius 2 is 1.53 bits per heavy atom. The molecule has 0 saturated heterocycles. The first-order chi connectivity index (χ1) is 14.3. The van der Waals surface area contributed by atoms with Crippen molar-refractivity contribution in [2.75, 3.05) is 7.11 Å². The van der Waals surface area contributed by atoms with E-state index in [1.165, 1.54) is 12.1 Å². The van der Waals surface area contributed by atoms with Crippen molar-refractivity contribution in [1.82, 2.24) is 0 Å². The summed E-state index contributed by atoms with van der Waals surface area (Å²) in [5.74, 6) is 0.472. The lowest BCUT2D eigenvalue weighted by molar-refractivity contribution is -0.137. The summed E-state index contributed by atoms with van der Waals surface area (Å²) in [6.07, 6.45) is -2.07. The smallest absolute Gasteiger partial charge is 0.416 e. The molecule has 1 aliphatic rings. The van der Waals surface area contributed by atoms with E-state index in [-0.39, 0.29) is 5.92 Å². The van der Waals surface area contributed by atoms with Crippen molar-refractivity contribution in [3.05, 3.63) is 107 Å². The number of allylic oxidation sites excluding steroid dienone is 1. The summed E-state index contributed by atoms with van der Waals surface area (Å²) in [5, 5.41) is 11.8. The number of methoxy groups -OCH3 is 1. The summed E-state index contributed by atoms with van der Waals surface area (Å²) >= 11 is 0. The largest absolute Gasteiger partial charge is 0.497 e. The molecule has 0 fully saturated rings. The topological polar surface area (TPSA) is 29.5 Å². The minimum atomic E-state index is -4.37. The molecule has 0 amide bonds. The predicted octanol–water partition coefficient (Wildman–Crippen LogP) is 6.17. The van der Waals surface area contributed by atoms with Crippen LogP contribution in [0.5, 0.6) is 5.75 Å². The molecule has 2 nitrogen and oxygen atoms in total. The van der Waals surface area contributed by atoms with Gasteiger partial charge < -0.3 is 9.84 Å². The van der Waals surface area contributed by atoms with E-state index in [4.69, 9.17) is 4.74 Å². The van der Waals surface area contributed by atoms with Crippen molar-refractivity contribution in [3.8, 4) is 5.75 Å². The molecule has 0 saturated carbocycles. The molecule has 0 spiro atoms. The van der Waals surface area contributed by atoms with Gasteiger partial charge in [-0.1, -0.05) is 60.7 Å². The standard InChI is InChI=1S/C25H21F3O2/c1-30-22-13-11-20(12-14-22)24(29)16-19(15-23(24)18-5-3-2-4-6-18)17-7-9-21(10-8-17)25(26,27)28/h2-15,19,29H,16H2,1H3/t19-,24+/m0/s1. The van der Waals surface area contributed by atoms with Crippen LogP contribution in [0.3, 0.4) is 0 Å². The van der Waals surface area contributed by atoms with Crippen LogP contribution in [0.4, 0.5) is 13.2 Å². The molecule has 1 N–H and O–H groups in total. The number of hydrogen-bond donors (Lipinski definition) is 1. The number of hydrogen-bond acceptors (Lipinski definition) is 2. The van der Waals surface area contributed by atoms with Crippen LogP contribution in [0, 0.1) is 0 Å². The molecule has 3 aromatic carbocycles. The molecule has 0 bridgehead atoms. The van der Waals surface area contributed by atoms with E-state index >= 15 is 0 Å². The Morgan fingerprint density at radius 3 is 2.10 bits per heavy atom. The third-order valence-electron chi connectivity index (χ3n) is 5.65. The molecule has 1 aliphatic carbocycles. The lowest BCUT2D eigenvalue weighted by Gasteiger charge is -2.28. The quantitative estimate of drug-likeness (QED) is 0.557. The van der Waals surface area contributed by atoms with Gasteiger partial charge in [0.1, 0.15) is 11.4 Å². The van der Waals surface area contributed by atoms with Gasteiger partial charge in [0, 0.05) is 5.92 Å². The molecule has 5 heteroatoms. The summed E-state index contributed by atoms with van der Waals surface area (Å²) in [6.45, 7) is 0. The second-order valence-corrected chi connectivity index (χ2v) is 7.47. The van der Waals surface area contributed by atoms with E-state index in [1.807, 2.05) is 48.5 Å². The second-order valence-electron chi connectivity index (χ2n) is 7.47. The van der Waals surface area contributed by atoms with E-state index in [1.54, 1.807) is 19.2 Å². The highest BCUT2D eigenvalue weighted by Gasteiger charge is 2.42. The SMILES string of the molecule is COc1ccc([C@]2(O)C[C@@H](c3ccc(C(F)(F)F)cc3)C=C2c2ccccc2)cc1. The second kappa shape index (κ2) is 7.65. The lowest BCUT2D eigenvalue weighted by atomic mass is 9.82. The van der Waals surface area contributed by atoms with E-state index in [2.05, 4.69) is 0 Å². The van der Waals surface area contributed by atoms with Gasteiger partial charge in [0.2, 0.25) is 0 Å². The van der Waals surface area contributed by atoms with Crippen molar-refractivity contribution in [2.24, 2.45) is 0 Å². The third-order valence-corrected chi connectivity index (χ3v) is 5.65. The zero-order valence-corrected chi connectivity index (χ0v) is 16.4. The fraction of sp³-hybridized carbons (Fsp3) is 0.200. The number of benzene rings is 3. The van der Waals surface area contributed by atoms with Crippen LogP contribution in [0.1, 0.15) is 34.6 Å². The molecule has 0 heterocycles. The van der Waals surface area contributed by atoms with Crippen molar-refractivity contribution < 1.29 is 23.0 Å². The molecule has 0 aromatic heterocycles. The Kier molecular flexibility index (Phi) is 5.16. The highest BCUT2D eigenvalue weighted by Crippen LogP contribution is 2.50. The van der Waals surface area contributed by atoms with Crippen molar-refractivity contribution in [1.29, 1.82) is 0 Å². The molecule has 30 heavy (non-hydrogen) atoms. The first-order valence-electron chi connectivity index (χ1n) is 9.63. The van der Waals surface area contributed by atoms with Gasteiger partial charge in [0.15, 0.2) is 0 Å². The van der Waals surface area contributed by atoms with Crippen LogP contribution in [0.15, 0.2) is 84.9 Å². The van der Waals surface area contributed by atoms with Gasteiger partial charge in [0.05, 0.1) is 12.7 Å². The molecule has 0 radical (unpaired) electrons. The van der Waals surface area contributed by atoms with Gasteiger partial charge in [-0.25, -0.2) is 0 Å². The van der Waals surface area contributed by atoms with Crippen LogP contribution < -0.4 is 4.74 Å². The maximum atomic E-state index is 12.9. The van der Waals surface area contributed by atoms with Crippen molar-refractivity contribution in [3.63, 3.8) is 0 Å². The third kappa shape index (κ3) is 3.73. The molecular formula is C25H21F3O2. The Balaban J connectivity index is 1.75. The highest BCUT2D eigenvalue weighted by atomic mass is 19.4. The first kappa shape index (κ1) is 20.2. The van der Waals surface area contributed by atoms with E-state index < -0.39 is 17.3 Å². The molecular weight excluding hydrogens is 389 g/mol. The average molecular weight is 410 g/mol. The monoisotopic (exact) mass is 410 g/mol. The first-order valence-corrected chi connectivity index (χ1v) is 9.63. The van der Waals surface area contributed by atoms with Crippen molar-refractivity contribution in [2.45, 2.75) is 24.1 Å². The molecule has 4 rings (SSSR count). The number of halogens is 3. The zero-order chi connectivity index (χ0) is 21.4.